The van der Waals surface area contributed by atoms with Crippen molar-refractivity contribution < 1.29 is 18.0 Å². The van der Waals surface area contributed by atoms with E-state index in [1.54, 1.807) is 13.8 Å². The summed E-state index contributed by atoms with van der Waals surface area (Å²) in [5.74, 6) is -5.09. The van der Waals surface area contributed by atoms with Gasteiger partial charge in [0, 0.05) is 17.8 Å². The molecule has 6 heteroatoms. The molecule has 1 heterocycles. The number of rotatable bonds is 1. The van der Waals surface area contributed by atoms with E-state index in [4.69, 9.17) is 0 Å². The summed E-state index contributed by atoms with van der Waals surface area (Å²) in [7, 11) is 0. The number of nitrogens with zero attached hydrogens (tertiary/aromatic N) is 2. The topological polar surface area (TPSA) is 32.7 Å². The molecule has 90 valence electrons. The summed E-state index contributed by atoms with van der Waals surface area (Å²) in [6, 6.07) is 1.48. The summed E-state index contributed by atoms with van der Waals surface area (Å²) in [5, 5.41) is 4.76. The molecule has 0 bridgehead atoms. The zero-order valence-electron chi connectivity index (χ0n) is 9.17. The standard InChI is InChI=1S/C11H9F3N2O/c1-5-6(2)15-16(11(5)17)7-3-8(12)10(14)9(13)4-7/h3-5H,1-2H3. The first-order chi connectivity index (χ1) is 7.91. The van der Waals surface area contributed by atoms with Crippen molar-refractivity contribution in [2.45, 2.75) is 13.8 Å². The van der Waals surface area contributed by atoms with Crippen LogP contribution >= 0.6 is 0 Å². The van der Waals surface area contributed by atoms with Gasteiger partial charge in [0.15, 0.2) is 17.5 Å². The Kier molecular flexibility index (Phi) is 2.65. The Bertz CT molecular complexity index is 504. The minimum Gasteiger partial charge on any atom is -0.272 e. The predicted molar refractivity (Wildman–Crippen MR) is 56.1 cm³/mol. The number of anilines is 1. The first-order valence-corrected chi connectivity index (χ1v) is 4.95. The lowest BCUT2D eigenvalue weighted by molar-refractivity contribution is -0.119. The Morgan fingerprint density at radius 2 is 1.76 bits per heavy atom. The molecule has 1 amide bonds. The summed E-state index contributed by atoms with van der Waals surface area (Å²) >= 11 is 0. The molecule has 0 radical (unpaired) electrons. The second-order valence-electron chi connectivity index (χ2n) is 3.84. The van der Waals surface area contributed by atoms with Gasteiger partial charge in [-0.2, -0.15) is 5.10 Å². The third-order valence-electron chi connectivity index (χ3n) is 2.68. The fourth-order valence-electron chi connectivity index (χ4n) is 1.51. The van der Waals surface area contributed by atoms with Crippen LogP contribution in [0.4, 0.5) is 18.9 Å². The molecule has 1 aromatic rings. The lowest BCUT2D eigenvalue weighted by atomic mass is 10.1. The molecule has 0 spiro atoms. The van der Waals surface area contributed by atoms with Gasteiger partial charge in [0.2, 0.25) is 0 Å². The lowest BCUT2D eigenvalue weighted by Gasteiger charge is -2.13. The second-order valence-corrected chi connectivity index (χ2v) is 3.84. The van der Waals surface area contributed by atoms with Crippen LogP contribution in [0.25, 0.3) is 0 Å². The number of carbonyl (C=O) groups excluding carboxylic acids is 1. The highest BCUT2D eigenvalue weighted by atomic mass is 19.2. The number of hydrogen-bond acceptors (Lipinski definition) is 2. The monoisotopic (exact) mass is 242 g/mol. The Hall–Kier alpha value is -1.85. The minimum atomic E-state index is -1.56. The van der Waals surface area contributed by atoms with E-state index in [1.807, 2.05) is 0 Å². The fraction of sp³-hybridized carbons (Fsp3) is 0.273. The summed E-state index contributed by atoms with van der Waals surface area (Å²) in [4.78, 5) is 11.7. The maximum atomic E-state index is 13.0. The van der Waals surface area contributed by atoms with Crippen LogP contribution in [-0.2, 0) is 4.79 Å². The highest BCUT2D eigenvalue weighted by Gasteiger charge is 2.31. The highest BCUT2D eigenvalue weighted by Crippen LogP contribution is 2.26. The molecule has 2 rings (SSSR count). The van der Waals surface area contributed by atoms with E-state index in [9.17, 15) is 18.0 Å². The molecule has 3 nitrogen and oxygen atoms in total. The van der Waals surface area contributed by atoms with Crippen molar-refractivity contribution in [3.63, 3.8) is 0 Å². The number of hydrazone groups is 1. The molecule has 0 aliphatic carbocycles. The van der Waals surface area contributed by atoms with Crippen molar-refractivity contribution in [2.75, 3.05) is 5.01 Å². The quantitative estimate of drug-likeness (QED) is 0.696. The van der Waals surface area contributed by atoms with E-state index in [0.29, 0.717) is 5.71 Å². The molecular weight excluding hydrogens is 233 g/mol. The average molecular weight is 242 g/mol. The molecule has 0 N–H and O–H groups in total. The number of amides is 1. The van der Waals surface area contributed by atoms with E-state index in [-0.39, 0.29) is 5.69 Å². The van der Waals surface area contributed by atoms with Gasteiger partial charge in [-0.05, 0) is 13.8 Å². The molecule has 0 saturated carbocycles. The molecule has 0 saturated heterocycles. The Morgan fingerprint density at radius 1 is 1.24 bits per heavy atom. The molecule has 1 atom stereocenters. The van der Waals surface area contributed by atoms with E-state index in [2.05, 4.69) is 5.10 Å². The van der Waals surface area contributed by atoms with Crippen LogP contribution in [0, 0.1) is 23.4 Å². The molecule has 1 unspecified atom stereocenters. The zero-order chi connectivity index (χ0) is 12.7. The summed E-state index contributed by atoms with van der Waals surface area (Å²) < 4.78 is 38.8. The summed E-state index contributed by atoms with van der Waals surface area (Å²) in [6.45, 7) is 3.27. The Balaban J connectivity index is 2.46. The van der Waals surface area contributed by atoms with Crippen molar-refractivity contribution in [3.05, 3.63) is 29.6 Å². The lowest BCUT2D eigenvalue weighted by Crippen LogP contribution is -2.25. The van der Waals surface area contributed by atoms with Gasteiger partial charge in [-0.25, -0.2) is 18.2 Å². The van der Waals surface area contributed by atoms with Crippen LogP contribution in [0.1, 0.15) is 13.8 Å². The van der Waals surface area contributed by atoms with Gasteiger partial charge in [0.25, 0.3) is 5.91 Å². The first kappa shape index (κ1) is 11.6. The normalized spacial score (nSPS) is 19.8. The minimum absolute atomic E-state index is 0.116. The van der Waals surface area contributed by atoms with Crippen molar-refractivity contribution in [3.8, 4) is 0 Å². The molecule has 0 fully saturated rings. The van der Waals surface area contributed by atoms with Crippen LogP contribution in [0.2, 0.25) is 0 Å². The molecule has 1 aliphatic rings. The van der Waals surface area contributed by atoms with Crippen LogP contribution in [0.5, 0.6) is 0 Å². The zero-order valence-corrected chi connectivity index (χ0v) is 9.17. The highest BCUT2D eigenvalue weighted by molar-refractivity contribution is 6.14. The third kappa shape index (κ3) is 1.79. The van der Waals surface area contributed by atoms with Crippen molar-refractivity contribution in [1.82, 2.24) is 0 Å². The maximum Gasteiger partial charge on any atom is 0.255 e. The Labute approximate surface area is 95.5 Å². The molecule has 1 aromatic carbocycles. The number of hydrogen-bond donors (Lipinski definition) is 0. The van der Waals surface area contributed by atoms with Gasteiger partial charge in [-0.1, -0.05) is 0 Å². The number of carbonyl (C=O) groups is 1. The van der Waals surface area contributed by atoms with E-state index >= 15 is 0 Å². The summed E-state index contributed by atoms with van der Waals surface area (Å²) in [5.41, 5.74) is 0.426. The average Bonchev–Trinajstić information content (AvgIpc) is 2.53. The van der Waals surface area contributed by atoms with Gasteiger partial charge < -0.3 is 0 Å². The van der Waals surface area contributed by atoms with Gasteiger partial charge >= 0.3 is 0 Å². The van der Waals surface area contributed by atoms with E-state index < -0.39 is 29.3 Å². The summed E-state index contributed by atoms with van der Waals surface area (Å²) in [6.07, 6.45) is 0. The molecular formula is C11H9F3N2O. The van der Waals surface area contributed by atoms with Crippen molar-refractivity contribution >= 4 is 17.3 Å². The van der Waals surface area contributed by atoms with Gasteiger partial charge in [0.1, 0.15) is 0 Å². The van der Waals surface area contributed by atoms with Crippen molar-refractivity contribution in [2.24, 2.45) is 11.0 Å². The fourth-order valence-corrected chi connectivity index (χ4v) is 1.51. The number of benzene rings is 1. The van der Waals surface area contributed by atoms with E-state index in [1.165, 1.54) is 0 Å². The van der Waals surface area contributed by atoms with Crippen LogP contribution in [0.15, 0.2) is 17.2 Å². The molecule has 17 heavy (non-hydrogen) atoms. The first-order valence-electron chi connectivity index (χ1n) is 4.95. The smallest absolute Gasteiger partial charge is 0.255 e. The van der Waals surface area contributed by atoms with Gasteiger partial charge in [-0.3, -0.25) is 4.79 Å². The van der Waals surface area contributed by atoms with E-state index in [0.717, 1.165) is 17.1 Å². The van der Waals surface area contributed by atoms with Gasteiger partial charge in [-0.15, -0.1) is 0 Å². The maximum absolute atomic E-state index is 13.0. The van der Waals surface area contributed by atoms with Gasteiger partial charge in [0.05, 0.1) is 11.6 Å². The van der Waals surface area contributed by atoms with Crippen molar-refractivity contribution in [1.29, 1.82) is 0 Å². The third-order valence-corrected chi connectivity index (χ3v) is 2.68. The molecule has 0 aromatic heterocycles. The number of halogens is 3. The predicted octanol–water partition coefficient (Wildman–Crippen LogP) is 2.46. The second kappa shape index (κ2) is 3.87. The Morgan fingerprint density at radius 3 is 2.18 bits per heavy atom. The van der Waals surface area contributed by atoms with Crippen LogP contribution in [-0.4, -0.2) is 11.6 Å². The SMILES string of the molecule is CC1=NN(c2cc(F)c(F)c(F)c2)C(=O)C1C. The largest absolute Gasteiger partial charge is 0.272 e. The van der Waals surface area contributed by atoms with Crippen LogP contribution in [0.3, 0.4) is 0 Å². The van der Waals surface area contributed by atoms with Crippen LogP contribution < -0.4 is 5.01 Å². The molecule has 1 aliphatic heterocycles.